The number of allylic oxidation sites excluding steroid dienone is 2. The van der Waals surface area contributed by atoms with Crippen LogP contribution in [0.5, 0.6) is 0 Å². The third-order valence-corrected chi connectivity index (χ3v) is 18.8. The minimum atomic E-state index is -1.46. The molecule has 1 aromatic heterocycles. The molecule has 1 unspecified atom stereocenters. The molecule has 4 saturated carbocycles. The van der Waals surface area contributed by atoms with Crippen LogP contribution in [0.2, 0.25) is 0 Å². The van der Waals surface area contributed by atoms with E-state index in [-0.39, 0.29) is 57.6 Å². The van der Waals surface area contributed by atoms with Crippen LogP contribution in [0.15, 0.2) is 33.5 Å². The van der Waals surface area contributed by atoms with Gasteiger partial charge in [-0.15, -0.1) is 0 Å². The maximum Gasteiger partial charge on any atom is 0.330 e. The number of fused-ring (bicyclic) bond motifs is 7. The minimum Gasteiger partial charge on any atom is -0.462 e. The third-order valence-electron chi connectivity index (χ3n) is 18.8. The fourth-order valence-electron chi connectivity index (χ4n) is 14.8. The van der Waals surface area contributed by atoms with Gasteiger partial charge in [-0.05, 0) is 110 Å². The van der Waals surface area contributed by atoms with E-state index in [0.29, 0.717) is 18.3 Å². The van der Waals surface area contributed by atoms with Crippen LogP contribution in [0.3, 0.4) is 0 Å². The lowest BCUT2D eigenvalue weighted by Crippen LogP contribution is -2.65. The average Bonchev–Trinajstić information content (AvgIpc) is 3.50. The van der Waals surface area contributed by atoms with Gasteiger partial charge in [0.25, 0.3) is 5.56 Å². The molecular weight excluding hydrogens is 797 g/mol. The molecule has 0 spiro atoms. The predicted molar refractivity (Wildman–Crippen MR) is 244 cm³/mol. The molecule has 7 rings (SSSR count). The number of hydrogen-bond acceptors (Lipinski definition) is 9. The first-order chi connectivity index (χ1) is 29.7. The normalized spacial score (nSPS) is 38.9. The highest BCUT2D eigenvalue weighted by atomic mass is 16.6. The van der Waals surface area contributed by atoms with Gasteiger partial charge in [0.1, 0.15) is 31.0 Å². The highest BCUT2D eigenvalue weighted by Crippen LogP contribution is 2.76. The SMILES string of the molecule is CCCCCCCCCCCCC(=O)O[C@H]1CC[C@@]2(C)C(CC[C@]3(C)[C@@H]2CC=C2[C@@H]4CC(C)(C)CC[C@]4(C(=O)OC[C@H]4O[C@@H](n5ccc(=O)[nH]c5=O)[C@H](O)[C@@H]4O)CC[C@]23C)C1(C)C. The molecule has 0 aromatic carbocycles. The van der Waals surface area contributed by atoms with Crippen LogP contribution in [0, 0.1) is 50.2 Å². The van der Waals surface area contributed by atoms with Crippen molar-refractivity contribution < 1.29 is 34.0 Å². The van der Waals surface area contributed by atoms with Crippen molar-refractivity contribution in [2.24, 2.45) is 50.2 Å². The van der Waals surface area contributed by atoms with Crippen molar-refractivity contribution in [3.05, 3.63) is 44.8 Å². The van der Waals surface area contributed by atoms with E-state index in [1.165, 1.54) is 63.1 Å². The van der Waals surface area contributed by atoms with Crippen molar-refractivity contribution in [1.82, 2.24) is 9.55 Å². The Balaban J connectivity index is 1.02. The topological polar surface area (TPSA) is 157 Å². The monoisotopic (exact) mass is 879 g/mol. The van der Waals surface area contributed by atoms with Crippen molar-refractivity contribution in [2.45, 2.75) is 221 Å². The van der Waals surface area contributed by atoms with Crippen LogP contribution in [0.4, 0.5) is 0 Å². The Morgan fingerprint density at radius 2 is 1.49 bits per heavy atom. The lowest BCUT2D eigenvalue weighted by atomic mass is 9.33. The van der Waals surface area contributed by atoms with Crippen LogP contribution < -0.4 is 11.2 Å². The number of carbonyl (C=O) groups is 2. The highest BCUT2D eigenvalue weighted by molar-refractivity contribution is 5.79. The van der Waals surface area contributed by atoms with Gasteiger partial charge in [-0.2, -0.15) is 0 Å². The van der Waals surface area contributed by atoms with Gasteiger partial charge in [-0.3, -0.25) is 23.9 Å². The number of nitrogens with one attached hydrogen (secondary N) is 1. The lowest BCUT2D eigenvalue weighted by molar-refractivity contribution is -0.214. The van der Waals surface area contributed by atoms with E-state index in [0.717, 1.165) is 87.7 Å². The molecule has 6 aliphatic rings. The van der Waals surface area contributed by atoms with Gasteiger partial charge in [0.05, 0.1) is 5.41 Å². The molecule has 354 valence electrons. The summed E-state index contributed by atoms with van der Waals surface area (Å²) >= 11 is 0. The molecule has 63 heavy (non-hydrogen) atoms. The summed E-state index contributed by atoms with van der Waals surface area (Å²) in [5, 5.41) is 21.8. The molecule has 1 aliphatic heterocycles. The van der Waals surface area contributed by atoms with E-state index >= 15 is 0 Å². The van der Waals surface area contributed by atoms with Crippen LogP contribution in [-0.2, 0) is 23.8 Å². The Labute approximate surface area is 376 Å². The Morgan fingerprint density at radius 1 is 0.825 bits per heavy atom. The van der Waals surface area contributed by atoms with Gasteiger partial charge in [0.2, 0.25) is 0 Å². The summed E-state index contributed by atoms with van der Waals surface area (Å²) in [6.07, 6.45) is 20.8. The zero-order valence-corrected chi connectivity index (χ0v) is 40.1. The second kappa shape index (κ2) is 18.5. The molecular formula is C52H82N2O9. The Kier molecular flexibility index (Phi) is 14.1. The molecule has 0 radical (unpaired) electrons. The number of aromatic amines is 1. The first-order valence-electron chi connectivity index (χ1n) is 25.1. The molecule has 12 atom stereocenters. The van der Waals surface area contributed by atoms with E-state index in [2.05, 4.69) is 66.4 Å². The zero-order valence-electron chi connectivity index (χ0n) is 40.1. The van der Waals surface area contributed by atoms with Crippen LogP contribution in [-0.4, -0.2) is 62.7 Å². The predicted octanol–water partition coefficient (Wildman–Crippen LogP) is 9.72. The van der Waals surface area contributed by atoms with Gasteiger partial charge in [0.15, 0.2) is 6.23 Å². The van der Waals surface area contributed by atoms with E-state index in [9.17, 15) is 29.4 Å². The fourth-order valence-corrected chi connectivity index (χ4v) is 14.8. The van der Waals surface area contributed by atoms with Crippen molar-refractivity contribution in [3.63, 3.8) is 0 Å². The number of H-pyrrole nitrogens is 1. The standard InChI is InChI=1S/C52H82N2O9/c1-9-10-11-12-13-14-15-16-17-18-19-41(56)63-39-23-25-49(6)37(48(39,4)5)22-26-51(8)38(49)21-20-34-35-32-47(2,3)27-29-52(35,30-28-50(34,51)7)45(59)61-33-36-42(57)43(58)44(62-36)54-31-24-40(55)53-46(54)60/h20,24,31,35-39,42-44,57-58H,9-19,21-23,25-30,32-33H2,1-8H3,(H,53,55,60)/t35-,36+,37?,38+,39-,42+,43+,44+,49-,50+,51+,52-/m0/s1. The van der Waals surface area contributed by atoms with E-state index < -0.39 is 41.2 Å². The van der Waals surface area contributed by atoms with Crippen molar-refractivity contribution >= 4 is 11.9 Å². The maximum atomic E-state index is 14.7. The zero-order chi connectivity index (χ0) is 45.6. The highest BCUT2D eigenvalue weighted by Gasteiger charge is 2.69. The van der Waals surface area contributed by atoms with Crippen LogP contribution in [0.25, 0.3) is 0 Å². The van der Waals surface area contributed by atoms with Crippen LogP contribution in [0.1, 0.15) is 196 Å². The molecule has 1 aromatic rings. The number of nitrogens with zero attached hydrogens (tertiary/aromatic N) is 1. The third kappa shape index (κ3) is 8.83. The van der Waals surface area contributed by atoms with Gasteiger partial charge in [0, 0.05) is 24.1 Å². The number of unbranched alkanes of at least 4 members (excludes halogenated alkanes) is 9. The Hall–Kier alpha value is -2.76. The maximum absolute atomic E-state index is 14.7. The van der Waals surface area contributed by atoms with Gasteiger partial charge >= 0.3 is 17.6 Å². The fraction of sp³-hybridized carbons (Fsp3) is 0.846. The number of aromatic nitrogens is 2. The second-order valence-electron chi connectivity index (χ2n) is 23.3. The van der Waals surface area contributed by atoms with Crippen molar-refractivity contribution in [1.29, 1.82) is 0 Å². The number of carbonyl (C=O) groups excluding carboxylic acids is 2. The summed E-state index contributed by atoms with van der Waals surface area (Å²) in [5.74, 6) is 0.625. The molecule has 11 heteroatoms. The summed E-state index contributed by atoms with van der Waals surface area (Å²) in [6, 6.07) is 1.15. The number of aliphatic hydroxyl groups is 2. The second-order valence-corrected chi connectivity index (χ2v) is 23.3. The lowest BCUT2D eigenvalue weighted by Gasteiger charge is -2.71. The van der Waals surface area contributed by atoms with E-state index in [1.807, 2.05) is 0 Å². The molecule has 11 nitrogen and oxygen atoms in total. The van der Waals surface area contributed by atoms with Crippen LogP contribution >= 0.6 is 0 Å². The molecule has 5 aliphatic carbocycles. The first-order valence-corrected chi connectivity index (χ1v) is 25.1. The van der Waals surface area contributed by atoms with Crippen molar-refractivity contribution in [3.8, 4) is 0 Å². The smallest absolute Gasteiger partial charge is 0.330 e. The summed E-state index contributed by atoms with van der Waals surface area (Å²) < 4.78 is 19.5. The number of esters is 2. The molecule has 0 amide bonds. The van der Waals surface area contributed by atoms with Crippen molar-refractivity contribution in [2.75, 3.05) is 6.61 Å². The largest absolute Gasteiger partial charge is 0.462 e. The first kappa shape index (κ1) is 48.2. The van der Waals surface area contributed by atoms with Gasteiger partial charge in [-0.1, -0.05) is 125 Å². The molecule has 5 fully saturated rings. The minimum absolute atomic E-state index is 0.0189. The summed E-state index contributed by atoms with van der Waals surface area (Å²) in [4.78, 5) is 54.3. The van der Waals surface area contributed by atoms with Gasteiger partial charge < -0.3 is 24.4 Å². The van der Waals surface area contributed by atoms with E-state index in [1.54, 1.807) is 0 Å². The summed E-state index contributed by atoms with van der Waals surface area (Å²) in [5.41, 5.74) is -0.684. The average molecular weight is 879 g/mol. The summed E-state index contributed by atoms with van der Waals surface area (Å²) in [7, 11) is 0. The van der Waals surface area contributed by atoms with Gasteiger partial charge in [-0.25, -0.2) is 4.79 Å². The number of ether oxygens (including phenoxy) is 3. The molecule has 1 saturated heterocycles. The number of rotatable bonds is 16. The quantitative estimate of drug-likeness (QED) is 0.0836. The number of hydrogen-bond donors (Lipinski definition) is 3. The Bertz CT molecular complexity index is 1950. The summed E-state index contributed by atoms with van der Waals surface area (Å²) in [6.45, 7) is 19.0. The van der Waals surface area contributed by atoms with E-state index in [4.69, 9.17) is 14.2 Å². The Morgan fingerprint density at radius 3 is 2.17 bits per heavy atom. The molecule has 2 heterocycles. The molecule has 3 N–H and O–H groups in total. The number of aliphatic hydroxyl groups excluding tert-OH is 2. The molecule has 0 bridgehead atoms.